The van der Waals surface area contributed by atoms with Gasteiger partial charge in [0.1, 0.15) is 11.5 Å². The molecule has 2 aromatic carbocycles. The van der Waals surface area contributed by atoms with E-state index < -0.39 is 0 Å². The molecule has 1 aliphatic rings. The minimum Gasteiger partial charge on any atom is -0.497 e. The summed E-state index contributed by atoms with van der Waals surface area (Å²) in [5.41, 5.74) is 2.42. The molecule has 0 bridgehead atoms. The molecule has 0 aromatic heterocycles. The van der Waals surface area contributed by atoms with Gasteiger partial charge in [0.15, 0.2) is 6.61 Å². The molecule has 0 saturated carbocycles. The van der Waals surface area contributed by atoms with E-state index in [9.17, 15) is 9.59 Å². The van der Waals surface area contributed by atoms with E-state index in [1.165, 1.54) is 0 Å². The molecular formula is C23H27ClN2O4. The summed E-state index contributed by atoms with van der Waals surface area (Å²) in [5.74, 6) is 1.15. The summed E-state index contributed by atoms with van der Waals surface area (Å²) in [6, 6.07) is 10.8. The number of carbonyl (C=O) groups is 2. The van der Waals surface area contributed by atoms with E-state index in [0.717, 1.165) is 17.5 Å². The highest BCUT2D eigenvalue weighted by molar-refractivity contribution is 6.32. The fourth-order valence-corrected chi connectivity index (χ4v) is 3.64. The average molecular weight is 431 g/mol. The van der Waals surface area contributed by atoms with Crippen molar-refractivity contribution in [2.45, 2.75) is 20.3 Å². The van der Waals surface area contributed by atoms with Crippen LogP contribution in [-0.2, 0) is 4.79 Å². The number of halogens is 1. The Morgan fingerprint density at radius 2 is 1.63 bits per heavy atom. The summed E-state index contributed by atoms with van der Waals surface area (Å²) in [5, 5.41) is 0.710. The lowest BCUT2D eigenvalue weighted by Crippen LogP contribution is -2.39. The van der Waals surface area contributed by atoms with Crippen molar-refractivity contribution in [1.29, 1.82) is 0 Å². The number of carbonyl (C=O) groups excluding carboxylic acids is 2. The van der Waals surface area contributed by atoms with E-state index in [4.69, 9.17) is 21.1 Å². The monoisotopic (exact) mass is 430 g/mol. The Kier molecular flexibility index (Phi) is 7.21. The molecule has 0 N–H and O–H groups in total. The third kappa shape index (κ3) is 5.25. The number of amides is 2. The van der Waals surface area contributed by atoms with Gasteiger partial charge < -0.3 is 19.3 Å². The molecule has 0 radical (unpaired) electrons. The van der Waals surface area contributed by atoms with Gasteiger partial charge in [-0.15, -0.1) is 0 Å². The second kappa shape index (κ2) is 9.85. The van der Waals surface area contributed by atoms with Crippen molar-refractivity contribution < 1.29 is 19.1 Å². The van der Waals surface area contributed by atoms with E-state index in [-0.39, 0.29) is 18.4 Å². The van der Waals surface area contributed by atoms with Gasteiger partial charge in [0.05, 0.1) is 7.11 Å². The molecule has 30 heavy (non-hydrogen) atoms. The fourth-order valence-electron chi connectivity index (χ4n) is 3.53. The van der Waals surface area contributed by atoms with Crippen LogP contribution in [0.25, 0.3) is 0 Å². The fraction of sp³-hybridized carbons (Fsp3) is 0.391. The first-order valence-corrected chi connectivity index (χ1v) is 10.4. The molecule has 1 heterocycles. The van der Waals surface area contributed by atoms with Crippen molar-refractivity contribution in [3.05, 3.63) is 58.1 Å². The highest BCUT2D eigenvalue weighted by Crippen LogP contribution is 2.26. The maximum absolute atomic E-state index is 12.8. The molecule has 0 atom stereocenters. The van der Waals surface area contributed by atoms with Gasteiger partial charge in [-0.25, -0.2) is 0 Å². The van der Waals surface area contributed by atoms with Crippen LogP contribution >= 0.6 is 11.6 Å². The number of rotatable bonds is 5. The third-order valence-corrected chi connectivity index (χ3v) is 5.82. The number of hydrogen-bond acceptors (Lipinski definition) is 4. The van der Waals surface area contributed by atoms with Gasteiger partial charge in [0.2, 0.25) is 0 Å². The van der Waals surface area contributed by atoms with E-state index in [0.29, 0.717) is 48.3 Å². The molecule has 0 spiro atoms. The second-order valence-electron chi connectivity index (χ2n) is 7.42. The maximum Gasteiger partial charge on any atom is 0.260 e. The van der Waals surface area contributed by atoms with E-state index in [1.807, 2.05) is 32.0 Å². The summed E-state index contributed by atoms with van der Waals surface area (Å²) in [7, 11) is 1.58. The van der Waals surface area contributed by atoms with Crippen LogP contribution in [0, 0.1) is 13.8 Å². The number of benzene rings is 2. The van der Waals surface area contributed by atoms with Gasteiger partial charge in [-0.2, -0.15) is 0 Å². The van der Waals surface area contributed by atoms with Crippen LogP contribution in [0.2, 0.25) is 5.02 Å². The number of methoxy groups -OCH3 is 1. The molecule has 2 amide bonds. The number of ether oxygens (including phenoxy) is 2. The second-order valence-corrected chi connectivity index (χ2v) is 7.80. The van der Waals surface area contributed by atoms with E-state index in [2.05, 4.69) is 0 Å². The number of aryl methyl sites for hydroxylation is 2. The summed E-state index contributed by atoms with van der Waals surface area (Å²) < 4.78 is 10.9. The average Bonchev–Trinajstić information content (AvgIpc) is 3.01. The van der Waals surface area contributed by atoms with Crippen LogP contribution in [0.15, 0.2) is 36.4 Å². The minimum absolute atomic E-state index is 0.0374. The Hall–Kier alpha value is -2.73. The zero-order valence-electron chi connectivity index (χ0n) is 17.6. The first-order valence-electron chi connectivity index (χ1n) is 9.99. The van der Waals surface area contributed by atoms with Gasteiger partial charge in [-0.05, 0) is 61.7 Å². The van der Waals surface area contributed by atoms with Gasteiger partial charge in [0, 0.05) is 36.8 Å². The molecule has 2 aromatic rings. The van der Waals surface area contributed by atoms with Gasteiger partial charge in [0.25, 0.3) is 11.8 Å². The van der Waals surface area contributed by atoms with Crippen molar-refractivity contribution in [2.75, 3.05) is 39.9 Å². The molecule has 160 valence electrons. The van der Waals surface area contributed by atoms with E-state index >= 15 is 0 Å². The Balaban J connectivity index is 1.56. The molecular weight excluding hydrogens is 404 g/mol. The summed E-state index contributed by atoms with van der Waals surface area (Å²) >= 11 is 6.18. The highest BCUT2D eigenvalue weighted by Gasteiger charge is 2.23. The third-order valence-electron chi connectivity index (χ3n) is 5.22. The van der Waals surface area contributed by atoms with Gasteiger partial charge in [-0.3, -0.25) is 9.59 Å². The molecule has 1 aliphatic heterocycles. The Labute approximate surface area is 182 Å². The molecule has 1 saturated heterocycles. The van der Waals surface area contributed by atoms with Crippen molar-refractivity contribution in [1.82, 2.24) is 9.80 Å². The first-order chi connectivity index (χ1) is 14.4. The van der Waals surface area contributed by atoms with Crippen LogP contribution in [0.1, 0.15) is 27.9 Å². The lowest BCUT2D eigenvalue weighted by atomic mass is 10.1. The summed E-state index contributed by atoms with van der Waals surface area (Å²) in [4.78, 5) is 29.0. The van der Waals surface area contributed by atoms with Crippen LogP contribution in [-0.4, -0.2) is 61.5 Å². The molecule has 6 nitrogen and oxygen atoms in total. The van der Waals surface area contributed by atoms with Crippen LogP contribution in [0.5, 0.6) is 11.5 Å². The number of hydrogen-bond donors (Lipinski definition) is 0. The predicted octanol–water partition coefficient (Wildman–Crippen LogP) is 3.72. The van der Waals surface area contributed by atoms with Crippen molar-refractivity contribution in [3.63, 3.8) is 0 Å². The standard InChI is InChI=1S/C23H27ClN2O4/c1-16-12-20(13-17(2)22(16)24)30-15-21(27)25-8-5-9-26(11-10-25)23(28)18-6-4-7-19(14-18)29-3/h4,6-7,12-14H,5,8-11,15H2,1-3H3. The Morgan fingerprint density at radius 3 is 2.33 bits per heavy atom. The SMILES string of the molecule is COc1cccc(C(=O)N2CCCN(C(=O)COc3cc(C)c(Cl)c(C)c3)CC2)c1. The predicted molar refractivity (Wildman–Crippen MR) is 117 cm³/mol. The molecule has 1 fully saturated rings. The smallest absolute Gasteiger partial charge is 0.260 e. The van der Waals surface area contributed by atoms with Crippen LogP contribution in [0.3, 0.4) is 0 Å². The zero-order chi connectivity index (χ0) is 21.7. The minimum atomic E-state index is -0.0871. The number of nitrogens with zero attached hydrogens (tertiary/aromatic N) is 2. The first kappa shape index (κ1) is 22.0. The molecule has 7 heteroatoms. The largest absolute Gasteiger partial charge is 0.497 e. The van der Waals surface area contributed by atoms with Crippen molar-refractivity contribution in [2.24, 2.45) is 0 Å². The summed E-state index contributed by atoms with van der Waals surface area (Å²) in [6.07, 6.45) is 0.723. The van der Waals surface area contributed by atoms with Crippen LogP contribution in [0.4, 0.5) is 0 Å². The quantitative estimate of drug-likeness (QED) is 0.725. The molecule has 3 rings (SSSR count). The highest BCUT2D eigenvalue weighted by atomic mass is 35.5. The lowest BCUT2D eigenvalue weighted by molar-refractivity contribution is -0.133. The molecule has 0 unspecified atom stereocenters. The summed E-state index contributed by atoms with van der Waals surface area (Å²) in [6.45, 7) is 5.96. The van der Waals surface area contributed by atoms with E-state index in [1.54, 1.807) is 35.1 Å². The van der Waals surface area contributed by atoms with Gasteiger partial charge in [-0.1, -0.05) is 17.7 Å². The van der Waals surface area contributed by atoms with Crippen LogP contribution < -0.4 is 9.47 Å². The van der Waals surface area contributed by atoms with Gasteiger partial charge >= 0.3 is 0 Å². The Bertz CT molecular complexity index is 908. The topological polar surface area (TPSA) is 59.1 Å². The van der Waals surface area contributed by atoms with Crippen molar-refractivity contribution in [3.8, 4) is 11.5 Å². The lowest BCUT2D eigenvalue weighted by Gasteiger charge is -2.22. The maximum atomic E-state index is 12.8. The van der Waals surface area contributed by atoms with Crippen molar-refractivity contribution >= 4 is 23.4 Å². The zero-order valence-corrected chi connectivity index (χ0v) is 18.4. The normalized spacial score (nSPS) is 14.3. The Morgan fingerprint density at radius 1 is 0.967 bits per heavy atom. The molecule has 0 aliphatic carbocycles.